The molecule has 0 unspecified atom stereocenters. The molecule has 0 amide bonds. The average molecular weight is 309 g/mol. The molecule has 1 aromatic carbocycles. The largest absolute Gasteiger partial charge is 0.465 e. The summed E-state index contributed by atoms with van der Waals surface area (Å²) >= 11 is 6.11. The van der Waals surface area contributed by atoms with Crippen LogP contribution in [-0.2, 0) is 14.3 Å². The number of rotatable bonds is 4. The van der Waals surface area contributed by atoms with Gasteiger partial charge in [0.25, 0.3) is 0 Å². The second-order valence-corrected chi connectivity index (χ2v) is 5.22. The van der Waals surface area contributed by atoms with Gasteiger partial charge in [-0.15, -0.1) is 0 Å². The number of hydrazone groups is 1. The third-order valence-corrected chi connectivity index (χ3v) is 3.77. The minimum absolute atomic E-state index is 0.227. The van der Waals surface area contributed by atoms with E-state index < -0.39 is 11.9 Å². The maximum absolute atomic E-state index is 12.0. The number of carbonyl (C=O) groups excluding carboxylic acids is 2. The number of nitrogens with zero attached hydrogens (tertiary/aromatic N) is 2. The fraction of sp³-hybridized carbons (Fsp3) is 0.400. The van der Waals surface area contributed by atoms with Crippen LogP contribution in [-0.4, -0.2) is 30.6 Å². The molecule has 0 aliphatic carbocycles. The lowest BCUT2D eigenvalue weighted by Crippen LogP contribution is -2.31. The standard InChI is InChI=1S/C15H17ClN2O3/c1-4-21-15(20)11-8-18(17-14(11)10(3)19)13-7-5-6-12(16)9(13)2/h5-7,11H,4,8H2,1-3H3/t11-/m1/s1. The summed E-state index contributed by atoms with van der Waals surface area (Å²) < 4.78 is 5.02. The number of carbonyl (C=O) groups is 2. The number of hydrogen-bond donors (Lipinski definition) is 0. The van der Waals surface area contributed by atoms with E-state index in [-0.39, 0.29) is 24.6 Å². The van der Waals surface area contributed by atoms with Crippen LogP contribution >= 0.6 is 11.6 Å². The molecule has 0 fully saturated rings. The minimum Gasteiger partial charge on any atom is -0.465 e. The third kappa shape index (κ3) is 3.08. The number of halogens is 1. The van der Waals surface area contributed by atoms with Crippen molar-refractivity contribution in [2.24, 2.45) is 11.0 Å². The van der Waals surface area contributed by atoms with Gasteiger partial charge in [0, 0.05) is 11.9 Å². The van der Waals surface area contributed by atoms with E-state index in [2.05, 4.69) is 5.10 Å². The number of benzene rings is 1. The molecular formula is C15H17ClN2O3. The zero-order chi connectivity index (χ0) is 15.6. The Hall–Kier alpha value is -1.88. The van der Waals surface area contributed by atoms with Crippen LogP contribution < -0.4 is 5.01 Å². The Morgan fingerprint density at radius 1 is 1.48 bits per heavy atom. The predicted octanol–water partition coefficient (Wildman–Crippen LogP) is 2.59. The molecule has 1 aliphatic rings. The van der Waals surface area contributed by atoms with Crippen LogP contribution in [0, 0.1) is 12.8 Å². The van der Waals surface area contributed by atoms with Gasteiger partial charge < -0.3 is 4.74 Å². The van der Waals surface area contributed by atoms with Crippen LogP contribution in [0.1, 0.15) is 19.4 Å². The van der Waals surface area contributed by atoms with Gasteiger partial charge in [-0.25, -0.2) is 0 Å². The van der Waals surface area contributed by atoms with E-state index in [1.807, 2.05) is 19.1 Å². The summed E-state index contributed by atoms with van der Waals surface area (Å²) in [6.45, 7) is 5.57. The van der Waals surface area contributed by atoms with Crippen LogP contribution in [0.3, 0.4) is 0 Å². The normalized spacial score (nSPS) is 17.6. The molecule has 112 valence electrons. The molecule has 2 rings (SSSR count). The SMILES string of the molecule is CCOC(=O)[C@@H]1CN(c2cccc(Cl)c2C)N=C1C(C)=O. The second-order valence-electron chi connectivity index (χ2n) is 4.81. The van der Waals surface area contributed by atoms with Crippen molar-refractivity contribution in [1.29, 1.82) is 0 Å². The highest BCUT2D eigenvalue weighted by atomic mass is 35.5. The molecule has 0 aromatic heterocycles. The van der Waals surface area contributed by atoms with E-state index in [1.165, 1.54) is 6.92 Å². The smallest absolute Gasteiger partial charge is 0.317 e. The van der Waals surface area contributed by atoms with E-state index in [4.69, 9.17) is 16.3 Å². The Morgan fingerprint density at radius 3 is 2.81 bits per heavy atom. The average Bonchev–Trinajstić information content (AvgIpc) is 2.87. The molecule has 0 bridgehead atoms. The fourth-order valence-corrected chi connectivity index (χ4v) is 2.44. The molecule has 1 atom stereocenters. The summed E-state index contributed by atoms with van der Waals surface area (Å²) in [7, 11) is 0. The van der Waals surface area contributed by atoms with Crippen molar-refractivity contribution in [1.82, 2.24) is 0 Å². The highest BCUT2D eigenvalue weighted by Crippen LogP contribution is 2.30. The molecule has 6 heteroatoms. The van der Waals surface area contributed by atoms with Gasteiger partial charge in [0.05, 0.1) is 18.8 Å². The van der Waals surface area contributed by atoms with Crippen molar-refractivity contribution in [3.05, 3.63) is 28.8 Å². The number of Topliss-reactive ketones (excluding diaryl/α,β-unsaturated/α-hetero) is 1. The first-order valence-corrected chi connectivity index (χ1v) is 7.12. The summed E-state index contributed by atoms with van der Waals surface area (Å²) in [4.78, 5) is 23.7. The van der Waals surface area contributed by atoms with Crippen LogP contribution in [0.25, 0.3) is 0 Å². The number of ether oxygens (including phenoxy) is 1. The molecule has 0 saturated heterocycles. The minimum atomic E-state index is -0.652. The Bertz CT molecular complexity index is 613. The van der Waals surface area contributed by atoms with Gasteiger partial charge in [0.15, 0.2) is 5.78 Å². The molecule has 21 heavy (non-hydrogen) atoms. The Kier molecular flexibility index (Phi) is 4.63. The zero-order valence-corrected chi connectivity index (χ0v) is 13.0. The molecule has 1 heterocycles. The molecule has 0 saturated carbocycles. The topological polar surface area (TPSA) is 59.0 Å². The maximum atomic E-state index is 12.0. The van der Waals surface area contributed by atoms with Gasteiger partial charge in [0.2, 0.25) is 0 Å². The molecule has 0 radical (unpaired) electrons. The highest BCUT2D eigenvalue weighted by molar-refractivity contribution is 6.43. The summed E-state index contributed by atoms with van der Waals surface area (Å²) in [6, 6.07) is 5.45. The highest BCUT2D eigenvalue weighted by Gasteiger charge is 2.37. The lowest BCUT2D eigenvalue weighted by Gasteiger charge is -2.18. The van der Waals surface area contributed by atoms with Gasteiger partial charge in [0.1, 0.15) is 11.6 Å². The molecular weight excluding hydrogens is 292 g/mol. The van der Waals surface area contributed by atoms with Gasteiger partial charge in [-0.05, 0) is 31.5 Å². The van der Waals surface area contributed by atoms with E-state index in [0.717, 1.165) is 11.3 Å². The van der Waals surface area contributed by atoms with Crippen molar-refractivity contribution >= 4 is 34.8 Å². The first-order chi connectivity index (χ1) is 9.95. The summed E-state index contributed by atoms with van der Waals surface area (Å²) in [5.41, 5.74) is 1.87. The van der Waals surface area contributed by atoms with Crippen molar-refractivity contribution < 1.29 is 14.3 Å². The molecule has 0 spiro atoms. The maximum Gasteiger partial charge on any atom is 0.317 e. The fourth-order valence-electron chi connectivity index (χ4n) is 2.27. The van der Waals surface area contributed by atoms with Crippen molar-refractivity contribution in [3.63, 3.8) is 0 Å². The zero-order valence-electron chi connectivity index (χ0n) is 12.2. The first kappa shape index (κ1) is 15.5. The molecule has 1 aliphatic heterocycles. The monoisotopic (exact) mass is 308 g/mol. The second kappa shape index (κ2) is 6.26. The Morgan fingerprint density at radius 2 is 2.19 bits per heavy atom. The van der Waals surface area contributed by atoms with Crippen LogP contribution in [0.15, 0.2) is 23.3 Å². The van der Waals surface area contributed by atoms with E-state index >= 15 is 0 Å². The quantitative estimate of drug-likeness (QED) is 0.802. The van der Waals surface area contributed by atoms with E-state index in [9.17, 15) is 9.59 Å². The first-order valence-electron chi connectivity index (χ1n) is 6.74. The van der Waals surface area contributed by atoms with Gasteiger partial charge in [-0.2, -0.15) is 5.10 Å². The van der Waals surface area contributed by atoms with Crippen LogP contribution in [0.2, 0.25) is 5.02 Å². The summed E-state index contributed by atoms with van der Waals surface area (Å²) in [5, 5.41) is 6.54. The van der Waals surface area contributed by atoms with E-state index in [0.29, 0.717) is 5.02 Å². The molecule has 5 nitrogen and oxygen atoms in total. The number of esters is 1. The number of ketones is 1. The molecule has 1 aromatic rings. The van der Waals surface area contributed by atoms with Crippen LogP contribution in [0.5, 0.6) is 0 Å². The Labute approximate surface area is 128 Å². The van der Waals surface area contributed by atoms with Gasteiger partial charge in [-0.3, -0.25) is 14.6 Å². The lowest BCUT2D eigenvalue weighted by atomic mass is 10.0. The number of hydrogen-bond acceptors (Lipinski definition) is 5. The molecule has 0 N–H and O–H groups in total. The van der Waals surface area contributed by atoms with Gasteiger partial charge >= 0.3 is 5.97 Å². The Balaban J connectivity index is 2.34. The predicted molar refractivity (Wildman–Crippen MR) is 81.8 cm³/mol. The van der Waals surface area contributed by atoms with E-state index in [1.54, 1.807) is 18.0 Å². The lowest BCUT2D eigenvalue weighted by molar-refractivity contribution is -0.145. The van der Waals surface area contributed by atoms with Crippen molar-refractivity contribution in [2.45, 2.75) is 20.8 Å². The van der Waals surface area contributed by atoms with Crippen LogP contribution in [0.4, 0.5) is 5.69 Å². The van der Waals surface area contributed by atoms with Crippen molar-refractivity contribution in [2.75, 3.05) is 18.2 Å². The van der Waals surface area contributed by atoms with Crippen molar-refractivity contribution in [3.8, 4) is 0 Å². The summed E-state index contributed by atoms with van der Waals surface area (Å²) in [5.74, 6) is -1.30. The van der Waals surface area contributed by atoms with Gasteiger partial charge in [-0.1, -0.05) is 17.7 Å². The number of anilines is 1. The summed E-state index contributed by atoms with van der Waals surface area (Å²) in [6.07, 6.45) is 0. The third-order valence-electron chi connectivity index (χ3n) is 3.36.